The third-order valence-electron chi connectivity index (χ3n) is 12.3. The van der Waals surface area contributed by atoms with E-state index in [1.54, 1.807) is 0 Å². The van der Waals surface area contributed by atoms with Crippen LogP contribution in [0.1, 0.15) is 0 Å². The van der Waals surface area contributed by atoms with Crippen molar-refractivity contribution in [3.8, 4) is 33.5 Å². The van der Waals surface area contributed by atoms with Crippen LogP contribution < -0.4 is 0 Å². The summed E-state index contributed by atoms with van der Waals surface area (Å²) in [7, 11) is 0. The number of pyridine rings is 1. The van der Waals surface area contributed by atoms with Gasteiger partial charge in [0, 0.05) is 11.8 Å². The third-order valence-corrected chi connectivity index (χ3v) is 12.3. The lowest BCUT2D eigenvalue weighted by molar-refractivity contribution is 1.33. The Morgan fingerprint density at radius 2 is 0.907 bits per heavy atom. The summed E-state index contributed by atoms with van der Waals surface area (Å²) in [6.45, 7) is 0. The fraction of sp³-hybridized carbons (Fsp3) is 0. The monoisotopic (exact) mass is 679 g/mol. The molecular weight excluding hydrogens is 651 g/mol. The van der Waals surface area contributed by atoms with Crippen molar-refractivity contribution < 1.29 is 0 Å². The largest absolute Gasteiger partial charge is 0.256 e. The zero-order valence-corrected chi connectivity index (χ0v) is 29.2. The number of rotatable bonds is 3. The zero-order valence-electron chi connectivity index (χ0n) is 29.2. The average molecular weight is 680 g/mol. The first-order chi connectivity index (χ1) is 26.8. The maximum Gasteiger partial charge on any atom is 0.0708 e. The minimum Gasteiger partial charge on any atom is -0.256 e. The van der Waals surface area contributed by atoms with Gasteiger partial charge < -0.3 is 0 Å². The predicted molar refractivity (Wildman–Crippen MR) is 232 cm³/mol. The fourth-order valence-corrected chi connectivity index (χ4v) is 10.3. The van der Waals surface area contributed by atoms with Gasteiger partial charge in [-0.15, -0.1) is 0 Å². The van der Waals surface area contributed by atoms with Gasteiger partial charge in [0.2, 0.25) is 0 Å². The number of hydrogen-bond acceptors (Lipinski definition) is 1. The van der Waals surface area contributed by atoms with Crippen LogP contribution in [0.3, 0.4) is 0 Å². The smallest absolute Gasteiger partial charge is 0.0708 e. The van der Waals surface area contributed by atoms with Crippen LogP contribution in [0, 0.1) is 0 Å². The Labute approximate surface area is 310 Å². The molecule has 13 rings (SSSR count). The highest BCUT2D eigenvalue weighted by molar-refractivity contribution is 6.47. The highest BCUT2D eigenvalue weighted by atomic mass is 14.7. The summed E-state index contributed by atoms with van der Waals surface area (Å²) in [5, 5.41) is 23.7. The molecule has 0 N–H and O–H groups in total. The maximum atomic E-state index is 4.79. The molecule has 0 saturated heterocycles. The van der Waals surface area contributed by atoms with E-state index >= 15 is 0 Å². The Morgan fingerprint density at radius 1 is 0.278 bits per heavy atom. The van der Waals surface area contributed by atoms with Crippen molar-refractivity contribution >= 4 is 97.0 Å². The van der Waals surface area contributed by atoms with Crippen LogP contribution in [-0.2, 0) is 0 Å². The first-order valence-electron chi connectivity index (χ1n) is 18.8. The highest BCUT2D eigenvalue weighted by Crippen LogP contribution is 2.56. The summed E-state index contributed by atoms with van der Waals surface area (Å²) in [5.41, 5.74) is 7.29. The van der Waals surface area contributed by atoms with Gasteiger partial charge in [0.1, 0.15) is 0 Å². The lowest BCUT2D eigenvalue weighted by atomic mass is 9.84. The number of benzene rings is 10. The van der Waals surface area contributed by atoms with Crippen LogP contribution in [0.25, 0.3) is 130 Å². The molecule has 0 amide bonds. The minimum atomic E-state index is 1.00. The molecule has 1 aromatic heterocycles. The second-order valence-electron chi connectivity index (χ2n) is 14.9. The Morgan fingerprint density at radius 3 is 1.69 bits per heavy atom. The van der Waals surface area contributed by atoms with Crippen LogP contribution in [-0.4, -0.2) is 4.98 Å². The van der Waals surface area contributed by atoms with E-state index in [4.69, 9.17) is 4.98 Å². The minimum absolute atomic E-state index is 1.00. The SMILES string of the molecule is c1ccc(-c2c3cc4c5ccccc5c5cccc(c3c(-c3ccccc3)c3c6ccc7ccc8c(-c9ccccn9)ccc9cc(c23)c6c7c98)c54)cc1. The van der Waals surface area contributed by atoms with Gasteiger partial charge in [-0.2, -0.15) is 0 Å². The van der Waals surface area contributed by atoms with Crippen LogP contribution in [0.4, 0.5) is 0 Å². The van der Waals surface area contributed by atoms with Crippen molar-refractivity contribution in [2.24, 2.45) is 0 Å². The quantitative estimate of drug-likeness (QED) is 0.169. The van der Waals surface area contributed by atoms with Gasteiger partial charge in [0.05, 0.1) is 5.69 Å². The van der Waals surface area contributed by atoms with Gasteiger partial charge in [0.15, 0.2) is 0 Å². The summed E-state index contributed by atoms with van der Waals surface area (Å²) in [6, 6.07) is 63.3. The second-order valence-corrected chi connectivity index (χ2v) is 14.9. The first kappa shape index (κ1) is 28.5. The van der Waals surface area contributed by atoms with E-state index in [1.807, 2.05) is 12.3 Å². The fourth-order valence-electron chi connectivity index (χ4n) is 10.3. The number of nitrogens with zero attached hydrogens (tertiary/aromatic N) is 1. The van der Waals surface area contributed by atoms with Crippen molar-refractivity contribution in [2.45, 2.75) is 0 Å². The number of aromatic nitrogens is 1. The van der Waals surface area contributed by atoms with Crippen molar-refractivity contribution in [2.75, 3.05) is 0 Å². The van der Waals surface area contributed by atoms with E-state index in [1.165, 1.54) is 125 Å². The Kier molecular flexibility index (Phi) is 5.42. The molecule has 0 saturated carbocycles. The van der Waals surface area contributed by atoms with E-state index < -0.39 is 0 Å². The number of fused-ring (bicyclic) bond motifs is 8. The van der Waals surface area contributed by atoms with Gasteiger partial charge in [-0.05, 0) is 143 Å². The van der Waals surface area contributed by atoms with Gasteiger partial charge in [-0.25, -0.2) is 0 Å². The molecular formula is C53H29N. The molecule has 0 unspecified atom stereocenters. The van der Waals surface area contributed by atoms with Crippen LogP contribution in [0.2, 0.25) is 0 Å². The molecule has 13 aromatic rings. The summed E-state index contributed by atoms with van der Waals surface area (Å²) in [5.74, 6) is 0. The van der Waals surface area contributed by atoms with E-state index in [-0.39, 0.29) is 0 Å². The van der Waals surface area contributed by atoms with Crippen LogP contribution >= 0.6 is 0 Å². The molecule has 0 aliphatic heterocycles. The summed E-state index contributed by atoms with van der Waals surface area (Å²) in [6.07, 6.45) is 1.89. The molecule has 0 spiro atoms. The van der Waals surface area contributed by atoms with Crippen LogP contribution in [0.15, 0.2) is 176 Å². The van der Waals surface area contributed by atoms with Crippen molar-refractivity contribution in [3.05, 3.63) is 176 Å². The van der Waals surface area contributed by atoms with Crippen molar-refractivity contribution in [3.63, 3.8) is 0 Å². The highest BCUT2D eigenvalue weighted by Gasteiger charge is 2.28. The molecule has 0 fully saturated rings. The Bertz CT molecular complexity index is 3620. The molecule has 0 aliphatic rings. The van der Waals surface area contributed by atoms with Crippen molar-refractivity contribution in [1.29, 1.82) is 0 Å². The lowest BCUT2D eigenvalue weighted by Crippen LogP contribution is -1.91. The molecule has 0 aliphatic carbocycles. The second kappa shape index (κ2) is 10.3. The molecule has 246 valence electrons. The van der Waals surface area contributed by atoms with E-state index in [0.717, 1.165) is 5.69 Å². The molecule has 1 heterocycles. The third kappa shape index (κ3) is 3.52. The molecule has 1 heteroatoms. The normalized spacial score (nSPS) is 12.4. The lowest BCUT2D eigenvalue weighted by Gasteiger charge is -2.19. The first-order valence-corrected chi connectivity index (χ1v) is 18.8. The molecule has 12 aromatic carbocycles. The topological polar surface area (TPSA) is 12.9 Å². The van der Waals surface area contributed by atoms with Crippen molar-refractivity contribution in [1.82, 2.24) is 4.98 Å². The van der Waals surface area contributed by atoms with Gasteiger partial charge >= 0.3 is 0 Å². The molecule has 0 atom stereocenters. The van der Waals surface area contributed by atoms with E-state index in [2.05, 4.69) is 164 Å². The summed E-state index contributed by atoms with van der Waals surface area (Å²) in [4.78, 5) is 4.79. The maximum absolute atomic E-state index is 4.79. The Hall–Kier alpha value is -7.09. The Balaban J connectivity index is 1.35. The average Bonchev–Trinajstić information content (AvgIpc) is 3.74. The molecule has 1 nitrogen and oxygen atoms in total. The predicted octanol–water partition coefficient (Wildman–Crippen LogP) is 14.8. The van der Waals surface area contributed by atoms with E-state index in [0.29, 0.717) is 0 Å². The molecule has 0 radical (unpaired) electrons. The standard InChI is InChI=1S/C53H29N/c1-3-12-30(13-4-1)45-43-29-41-35-17-8-7-16-34(35)37-18-11-19-39(49(37)41)50(43)48(31-14-5-2-6-15-31)52-40-26-22-32-21-25-38-36(44-20-9-10-27-54-44)24-23-33-28-42(53(45)52)51(40)47(32)46(33)38/h1-29H. The number of hydrogen-bond donors (Lipinski definition) is 0. The van der Waals surface area contributed by atoms with Crippen LogP contribution in [0.5, 0.6) is 0 Å². The van der Waals surface area contributed by atoms with Gasteiger partial charge in [-0.1, -0.05) is 146 Å². The van der Waals surface area contributed by atoms with E-state index in [9.17, 15) is 0 Å². The molecule has 54 heavy (non-hydrogen) atoms. The van der Waals surface area contributed by atoms with Gasteiger partial charge in [0.25, 0.3) is 0 Å². The van der Waals surface area contributed by atoms with Gasteiger partial charge in [-0.3, -0.25) is 4.98 Å². The molecule has 0 bridgehead atoms. The zero-order chi connectivity index (χ0) is 35.1. The summed E-state index contributed by atoms with van der Waals surface area (Å²) >= 11 is 0. The summed E-state index contributed by atoms with van der Waals surface area (Å²) < 4.78 is 0.